The molecule has 0 bridgehead atoms. The van der Waals surface area contributed by atoms with Gasteiger partial charge in [0.15, 0.2) is 11.5 Å². The molecule has 1 saturated heterocycles. The average molecular weight is 383 g/mol. The van der Waals surface area contributed by atoms with Crippen LogP contribution in [0.15, 0.2) is 23.1 Å². The number of hydrogen-bond donors (Lipinski definition) is 0. The molecule has 6 nitrogen and oxygen atoms in total. The summed E-state index contributed by atoms with van der Waals surface area (Å²) >= 11 is 0. The van der Waals surface area contributed by atoms with Crippen molar-refractivity contribution in [3.05, 3.63) is 18.2 Å². The van der Waals surface area contributed by atoms with E-state index in [1.165, 1.54) is 46.3 Å². The second kappa shape index (κ2) is 8.59. The van der Waals surface area contributed by atoms with Crippen molar-refractivity contribution in [2.45, 2.75) is 37.0 Å². The van der Waals surface area contributed by atoms with Crippen molar-refractivity contribution in [1.82, 2.24) is 9.21 Å². The topological polar surface area (TPSA) is 59.1 Å². The van der Waals surface area contributed by atoms with Crippen LogP contribution in [0.3, 0.4) is 0 Å². The minimum Gasteiger partial charge on any atom is -0.493 e. The molecule has 1 aliphatic heterocycles. The highest BCUT2D eigenvalue weighted by molar-refractivity contribution is 7.89. The van der Waals surface area contributed by atoms with Crippen LogP contribution in [0, 0.1) is 5.92 Å². The van der Waals surface area contributed by atoms with E-state index in [0.717, 1.165) is 25.6 Å². The van der Waals surface area contributed by atoms with E-state index < -0.39 is 10.0 Å². The van der Waals surface area contributed by atoms with Crippen molar-refractivity contribution in [3.8, 4) is 11.5 Å². The van der Waals surface area contributed by atoms with Crippen LogP contribution in [-0.4, -0.2) is 64.6 Å². The Morgan fingerprint density at radius 2 is 1.62 bits per heavy atom. The molecule has 26 heavy (non-hydrogen) atoms. The van der Waals surface area contributed by atoms with Gasteiger partial charge in [-0.1, -0.05) is 19.3 Å². The van der Waals surface area contributed by atoms with Crippen LogP contribution in [0.4, 0.5) is 0 Å². The number of benzene rings is 1. The van der Waals surface area contributed by atoms with E-state index in [9.17, 15) is 8.42 Å². The van der Waals surface area contributed by atoms with Gasteiger partial charge in [0, 0.05) is 38.8 Å². The average Bonchev–Trinajstić information content (AvgIpc) is 2.68. The molecule has 0 atom stereocenters. The van der Waals surface area contributed by atoms with E-state index >= 15 is 0 Å². The number of methoxy groups -OCH3 is 2. The number of hydrogen-bond acceptors (Lipinski definition) is 5. The van der Waals surface area contributed by atoms with Crippen LogP contribution in [0.2, 0.25) is 0 Å². The second-order valence-electron chi connectivity index (χ2n) is 7.23. The first-order valence-corrected chi connectivity index (χ1v) is 10.9. The Morgan fingerprint density at radius 3 is 2.23 bits per heavy atom. The fourth-order valence-corrected chi connectivity index (χ4v) is 5.45. The third-order valence-electron chi connectivity index (χ3n) is 5.57. The van der Waals surface area contributed by atoms with Gasteiger partial charge in [-0.25, -0.2) is 8.42 Å². The predicted molar refractivity (Wildman–Crippen MR) is 101 cm³/mol. The zero-order chi connectivity index (χ0) is 18.6. The Kier molecular flexibility index (Phi) is 6.42. The zero-order valence-electron chi connectivity index (χ0n) is 15.8. The normalized spacial score (nSPS) is 20.8. The molecule has 2 aliphatic rings. The zero-order valence-corrected chi connectivity index (χ0v) is 16.6. The van der Waals surface area contributed by atoms with Crippen LogP contribution in [0.25, 0.3) is 0 Å². The summed E-state index contributed by atoms with van der Waals surface area (Å²) in [5, 5.41) is 0. The van der Waals surface area contributed by atoms with Crippen molar-refractivity contribution in [3.63, 3.8) is 0 Å². The summed E-state index contributed by atoms with van der Waals surface area (Å²) in [6, 6.07) is 4.78. The largest absolute Gasteiger partial charge is 0.493 e. The van der Waals surface area contributed by atoms with Crippen LogP contribution in [0.5, 0.6) is 11.5 Å². The van der Waals surface area contributed by atoms with E-state index in [4.69, 9.17) is 9.47 Å². The summed E-state index contributed by atoms with van der Waals surface area (Å²) in [6.07, 6.45) is 6.71. The monoisotopic (exact) mass is 382 g/mol. The number of nitrogens with zero attached hydrogens (tertiary/aromatic N) is 2. The molecule has 1 aromatic carbocycles. The highest BCUT2D eigenvalue weighted by atomic mass is 32.2. The second-order valence-corrected chi connectivity index (χ2v) is 9.16. The minimum absolute atomic E-state index is 0.260. The van der Waals surface area contributed by atoms with E-state index in [1.807, 2.05) is 0 Å². The molecule has 0 N–H and O–H groups in total. The summed E-state index contributed by atoms with van der Waals surface area (Å²) in [5.41, 5.74) is 0. The van der Waals surface area contributed by atoms with Crippen molar-refractivity contribution in [2.75, 3.05) is 46.9 Å². The van der Waals surface area contributed by atoms with Gasteiger partial charge in [0.2, 0.25) is 10.0 Å². The van der Waals surface area contributed by atoms with Gasteiger partial charge in [-0.05, 0) is 30.9 Å². The van der Waals surface area contributed by atoms with Crippen molar-refractivity contribution < 1.29 is 17.9 Å². The molecule has 0 radical (unpaired) electrons. The highest BCUT2D eigenvalue weighted by Crippen LogP contribution is 2.31. The lowest BCUT2D eigenvalue weighted by Crippen LogP contribution is -2.49. The van der Waals surface area contributed by atoms with Crippen LogP contribution in [-0.2, 0) is 10.0 Å². The lowest BCUT2D eigenvalue weighted by molar-refractivity contribution is 0.150. The SMILES string of the molecule is COc1ccc(S(=O)(=O)N2CCN(CC3CCCCC3)CC2)cc1OC. The summed E-state index contributed by atoms with van der Waals surface area (Å²) in [5.74, 6) is 1.76. The number of rotatable bonds is 6. The molecule has 1 saturated carbocycles. The van der Waals surface area contributed by atoms with E-state index in [0.29, 0.717) is 24.6 Å². The Balaban J connectivity index is 1.62. The molecule has 7 heteroatoms. The smallest absolute Gasteiger partial charge is 0.243 e. The molecule has 1 heterocycles. The molecule has 146 valence electrons. The number of sulfonamides is 1. The Bertz CT molecular complexity index is 693. The lowest BCUT2D eigenvalue weighted by atomic mass is 9.89. The number of piperazine rings is 1. The Morgan fingerprint density at radius 1 is 0.962 bits per heavy atom. The summed E-state index contributed by atoms with van der Waals surface area (Å²) in [6.45, 7) is 3.82. The first-order valence-electron chi connectivity index (χ1n) is 9.49. The molecule has 1 aliphatic carbocycles. The summed E-state index contributed by atoms with van der Waals surface area (Å²) in [4.78, 5) is 2.69. The molecular weight excluding hydrogens is 352 g/mol. The summed E-state index contributed by atoms with van der Waals surface area (Å²) in [7, 11) is -0.454. The molecule has 0 unspecified atom stereocenters. The Labute approximate surface area is 157 Å². The highest BCUT2D eigenvalue weighted by Gasteiger charge is 2.30. The van der Waals surface area contributed by atoms with E-state index in [-0.39, 0.29) is 4.90 Å². The standard InChI is InChI=1S/C19H30N2O4S/c1-24-18-9-8-17(14-19(18)25-2)26(22,23)21-12-10-20(11-13-21)15-16-6-4-3-5-7-16/h8-9,14,16H,3-7,10-13,15H2,1-2H3. The first kappa shape index (κ1) is 19.5. The molecule has 0 spiro atoms. The van der Waals surface area contributed by atoms with Crippen LogP contribution >= 0.6 is 0 Å². The van der Waals surface area contributed by atoms with Crippen LogP contribution in [0.1, 0.15) is 32.1 Å². The fourth-order valence-electron chi connectivity index (χ4n) is 4.01. The lowest BCUT2D eigenvalue weighted by Gasteiger charge is -2.36. The molecular formula is C19H30N2O4S. The van der Waals surface area contributed by atoms with Gasteiger partial charge >= 0.3 is 0 Å². The van der Waals surface area contributed by atoms with Gasteiger partial charge in [-0.15, -0.1) is 0 Å². The van der Waals surface area contributed by atoms with Crippen molar-refractivity contribution in [2.24, 2.45) is 5.92 Å². The van der Waals surface area contributed by atoms with Crippen molar-refractivity contribution in [1.29, 1.82) is 0 Å². The van der Waals surface area contributed by atoms with E-state index in [2.05, 4.69) is 4.90 Å². The Hall–Kier alpha value is -1.31. The fraction of sp³-hybridized carbons (Fsp3) is 0.684. The molecule has 2 fully saturated rings. The quantitative estimate of drug-likeness (QED) is 0.757. The van der Waals surface area contributed by atoms with Gasteiger partial charge in [0.1, 0.15) is 0 Å². The minimum atomic E-state index is -3.51. The van der Waals surface area contributed by atoms with Gasteiger partial charge < -0.3 is 14.4 Å². The molecule has 0 amide bonds. The third-order valence-corrected chi connectivity index (χ3v) is 7.46. The maximum absolute atomic E-state index is 13.0. The molecule has 3 rings (SSSR count). The maximum Gasteiger partial charge on any atom is 0.243 e. The predicted octanol–water partition coefficient (Wildman–Crippen LogP) is 2.59. The van der Waals surface area contributed by atoms with Gasteiger partial charge in [-0.2, -0.15) is 4.31 Å². The van der Waals surface area contributed by atoms with Gasteiger partial charge in [-0.3, -0.25) is 0 Å². The molecule has 0 aromatic heterocycles. The first-order chi connectivity index (χ1) is 12.5. The maximum atomic E-state index is 13.0. The number of ether oxygens (including phenoxy) is 2. The van der Waals surface area contributed by atoms with Gasteiger partial charge in [0.25, 0.3) is 0 Å². The van der Waals surface area contributed by atoms with Gasteiger partial charge in [0.05, 0.1) is 19.1 Å². The summed E-state index contributed by atoms with van der Waals surface area (Å²) < 4.78 is 38.0. The van der Waals surface area contributed by atoms with Crippen LogP contribution < -0.4 is 9.47 Å². The van der Waals surface area contributed by atoms with E-state index in [1.54, 1.807) is 22.5 Å². The third kappa shape index (κ3) is 4.32. The molecule has 1 aromatic rings. The van der Waals surface area contributed by atoms with Crippen molar-refractivity contribution >= 4 is 10.0 Å².